The average Bonchev–Trinajstić information content (AvgIpc) is 2.57. The molecule has 1 saturated heterocycles. The summed E-state index contributed by atoms with van der Waals surface area (Å²) in [5.74, 6) is 0.615. The number of piperidine rings is 1. The first kappa shape index (κ1) is 17.3. The fraction of sp³-hybridized carbons (Fsp3) is 0.529. The van der Waals surface area contributed by atoms with Gasteiger partial charge in [0.2, 0.25) is 5.91 Å². The largest absolute Gasteiger partial charge is 0.493 e. The van der Waals surface area contributed by atoms with Gasteiger partial charge >= 0.3 is 6.03 Å². The van der Waals surface area contributed by atoms with E-state index in [0.717, 1.165) is 37.2 Å². The van der Waals surface area contributed by atoms with E-state index in [4.69, 9.17) is 4.74 Å². The third kappa shape index (κ3) is 5.90. The molecule has 1 heterocycles. The minimum absolute atomic E-state index is 0.0635. The van der Waals surface area contributed by atoms with E-state index in [1.807, 2.05) is 31.2 Å². The number of imide groups is 1. The van der Waals surface area contributed by atoms with E-state index in [2.05, 4.69) is 16.0 Å². The van der Waals surface area contributed by atoms with Crippen LogP contribution in [0.2, 0.25) is 0 Å². The maximum atomic E-state index is 11.9. The average molecular weight is 319 g/mol. The Morgan fingerprint density at radius 3 is 2.74 bits per heavy atom. The van der Waals surface area contributed by atoms with E-state index in [1.54, 1.807) is 0 Å². The monoisotopic (exact) mass is 319 g/mol. The molecule has 3 amide bonds. The summed E-state index contributed by atoms with van der Waals surface area (Å²) < 4.78 is 5.65. The van der Waals surface area contributed by atoms with Crippen LogP contribution >= 0.6 is 0 Å². The van der Waals surface area contributed by atoms with Gasteiger partial charge in [-0.25, -0.2) is 4.79 Å². The van der Waals surface area contributed by atoms with E-state index >= 15 is 0 Å². The number of rotatable bonds is 6. The normalized spacial score (nSPS) is 15.0. The van der Waals surface area contributed by atoms with E-state index in [-0.39, 0.29) is 11.8 Å². The van der Waals surface area contributed by atoms with Gasteiger partial charge in [-0.15, -0.1) is 0 Å². The Balaban J connectivity index is 1.57. The van der Waals surface area contributed by atoms with E-state index in [9.17, 15) is 9.59 Å². The highest BCUT2D eigenvalue weighted by molar-refractivity contribution is 5.95. The van der Waals surface area contributed by atoms with Gasteiger partial charge in [0.05, 0.1) is 6.61 Å². The molecule has 1 aromatic carbocycles. The number of urea groups is 1. The maximum absolute atomic E-state index is 11.9. The van der Waals surface area contributed by atoms with Crippen LogP contribution in [0.5, 0.6) is 5.75 Å². The number of ether oxygens (including phenoxy) is 1. The Morgan fingerprint density at radius 1 is 1.26 bits per heavy atom. The smallest absolute Gasteiger partial charge is 0.321 e. The Kier molecular flexibility index (Phi) is 6.87. The van der Waals surface area contributed by atoms with Crippen LogP contribution in [-0.4, -0.2) is 38.2 Å². The molecule has 6 nitrogen and oxygen atoms in total. The number of nitrogens with one attached hydrogen (secondary N) is 3. The minimum Gasteiger partial charge on any atom is -0.493 e. The number of aryl methyl sites for hydroxylation is 1. The van der Waals surface area contributed by atoms with Crippen molar-refractivity contribution < 1.29 is 14.3 Å². The van der Waals surface area contributed by atoms with Crippen LogP contribution in [0.15, 0.2) is 24.3 Å². The number of carbonyl (C=O) groups is 2. The van der Waals surface area contributed by atoms with Gasteiger partial charge in [-0.3, -0.25) is 10.1 Å². The predicted molar refractivity (Wildman–Crippen MR) is 88.4 cm³/mol. The minimum atomic E-state index is -0.426. The van der Waals surface area contributed by atoms with E-state index in [0.29, 0.717) is 19.6 Å². The SMILES string of the molecule is Cc1ccccc1OCCCNC(=O)NC(=O)C1CCNCC1. The third-order valence-electron chi connectivity index (χ3n) is 3.90. The zero-order valence-corrected chi connectivity index (χ0v) is 13.6. The third-order valence-corrected chi connectivity index (χ3v) is 3.90. The molecule has 3 N–H and O–H groups in total. The Bertz CT molecular complexity index is 528. The van der Waals surface area contributed by atoms with Crippen LogP contribution in [-0.2, 0) is 4.79 Å². The highest BCUT2D eigenvalue weighted by Crippen LogP contribution is 2.16. The molecule has 1 aromatic rings. The summed E-state index contributed by atoms with van der Waals surface area (Å²) in [7, 11) is 0. The summed E-state index contributed by atoms with van der Waals surface area (Å²) in [6.07, 6.45) is 2.25. The molecule has 0 unspecified atom stereocenters. The number of carbonyl (C=O) groups excluding carboxylic acids is 2. The van der Waals surface area contributed by atoms with Gasteiger partial charge in [0.25, 0.3) is 0 Å². The van der Waals surface area contributed by atoms with Crippen molar-refractivity contribution in [1.29, 1.82) is 0 Å². The molecule has 0 spiro atoms. The van der Waals surface area contributed by atoms with Crippen LogP contribution in [0, 0.1) is 12.8 Å². The molecule has 2 rings (SSSR count). The quantitative estimate of drug-likeness (QED) is 0.696. The number of benzene rings is 1. The van der Waals surface area contributed by atoms with Gasteiger partial charge in [-0.2, -0.15) is 0 Å². The van der Waals surface area contributed by atoms with Gasteiger partial charge in [0.15, 0.2) is 0 Å². The van der Waals surface area contributed by atoms with Gasteiger partial charge in [0.1, 0.15) is 5.75 Å². The fourth-order valence-corrected chi connectivity index (χ4v) is 2.52. The number of hydrogen-bond donors (Lipinski definition) is 3. The zero-order valence-electron chi connectivity index (χ0n) is 13.6. The lowest BCUT2D eigenvalue weighted by molar-refractivity contribution is -0.124. The van der Waals surface area contributed by atoms with Crippen molar-refractivity contribution >= 4 is 11.9 Å². The second-order valence-corrected chi connectivity index (χ2v) is 5.74. The van der Waals surface area contributed by atoms with Crippen LogP contribution in [0.1, 0.15) is 24.8 Å². The Labute approximate surface area is 137 Å². The molecule has 0 aliphatic carbocycles. The van der Waals surface area contributed by atoms with Gasteiger partial charge < -0.3 is 15.4 Å². The second-order valence-electron chi connectivity index (χ2n) is 5.74. The van der Waals surface area contributed by atoms with Crippen molar-refractivity contribution in [2.75, 3.05) is 26.2 Å². The highest BCUT2D eigenvalue weighted by atomic mass is 16.5. The van der Waals surface area contributed by atoms with Crippen LogP contribution in [0.4, 0.5) is 4.79 Å². The topological polar surface area (TPSA) is 79.5 Å². The number of hydrogen-bond acceptors (Lipinski definition) is 4. The molecule has 0 bridgehead atoms. The molecule has 6 heteroatoms. The summed E-state index contributed by atoms with van der Waals surface area (Å²) in [6.45, 7) is 4.64. The summed E-state index contributed by atoms with van der Waals surface area (Å²) in [5.41, 5.74) is 1.09. The second kappa shape index (κ2) is 9.15. The van der Waals surface area contributed by atoms with Gasteiger partial charge in [-0.1, -0.05) is 18.2 Å². The van der Waals surface area contributed by atoms with E-state index in [1.165, 1.54) is 0 Å². The molecule has 1 aliphatic rings. The molecule has 0 radical (unpaired) electrons. The molecule has 0 atom stereocenters. The van der Waals surface area contributed by atoms with Crippen LogP contribution in [0.3, 0.4) is 0 Å². The Hall–Kier alpha value is -2.08. The molecular formula is C17H25N3O3. The summed E-state index contributed by atoms with van der Waals surface area (Å²) >= 11 is 0. The van der Waals surface area contributed by atoms with Crippen molar-refractivity contribution in [3.8, 4) is 5.75 Å². The standard InChI is InChI=1S/C17H25N3O3/c1-13-5-2-3-6-15(13)23-12-4-9-19-17(22)20-16(21)14-7-10-18-11-8-14/h2-3,5-6,14,18H,4,7-12H2,1H3,(H2,19,20,21,22). The van der Waals surface area contributed by atoms with Crippen LogP contribution in [0.25, 0.3) is 0 Å². The zero-order chi connectivity index (χ0) is 16.5. The lowest BCUT2D eigenvalue weighted by atomic mass is 9.97. The summed E-state index contributed by atoms with van der Waals surface area (Å²) in [6, 6.07) is 7.39. The molecule has 1 aliphatic heterocycles. The van der Waals surface area contributed by atoms with Crippen LogP contribution < -0.4 is 20.7 Å². The number of amides is 3. The van der Waals surface area contributed by atoms with Crippen molar-refractivity contribution in [1.82, 2.24) is 16.0 Å². The van der Waals surface area contributed by atoms with Crippen molar-refractivity contribution in [2.45, 2.75) is 26.2 Å². The first-order valence-corrected chi connectivity index (χ1v) is 8.14. The number of para-hydroxylation sites is 1. The first-order chi connectivity index (χ1) is 11.2. The lowest BCUT2D eigenvalue weighted by Crippen LogP contribution is -2.45. The van der Waals surface area contributed by atoms with E-state index < -0.39 is 6.03 Å². The molecular weight excluding hydrogens is 294 g/mol. The van der Waals surface area contributed by atoms with Crippen molar-refractivity contribution in [2.24, 2.45) is 5.92 Å². The molecule has 0 saturated carbocycles. The predicted octanol–water partition coefficient (Wildman–Crippen LogP) is 1.59. The van der Waals surface area contributed by atoms with Crippen molar-refractivity contribution in [3.05, 3.63) is 29.8 Å². The molecule has 126 valence electrons. The van der Waals surface area contributed by atoms with Crippen molar-refractivity contribution in [3.63, 3.8) is 0 Å². The summed E-state index contributed by atoms with van der Waals surface area (Å²) in [4.78, 5) is 23.6. The molecule has 0 aromatic heterocycles. The van der Waals surface area contributed by atoms with Gasteiger partial charge in [-0.05, 0) is 50.9 Å². The van der Waals surface area contributed by atoms with Gasteiger partial charge in [0, 0.05) is 12.5 Å². The fourth-order valence-electron chi connectivity index (χ4n) is 2.52. The Morgan fingerprint density at radius 2 is 2.00 bits per heavy atom. The lowest BCUT2D eigenvalue weighted by Gasteiger charge is -2.21. The molecule has 23 heavy (non-hydrogen) atoms. The molecule has 1 fully saturated rings. The highest BCUT2D eigenvalue weighted by Gasteiger charge is 2.22. The maximum Gasteiger partial charge on any atom is 0.321 e. The first-order valence-electron chi connectivity index (χ1n) is 8.14. The summed E-state index contributed by atoms with van der Waals surface area (Å²) in [5, 5.41) is 8.29.